The van der Waals surface area contributed by atoms with Crippen LogP contribution >= 0.6 is 0 Å². The maximum atomic E-state index is 12.5. The molecule has 1 saturated heterocycles. The van der Waals surface area contributed by atoms with Gasteiger partial charge in [-0.1, -0.05) is 18.2 Å². The molecule has 142 valence electrons. The van der Waals surface area contributed by atoms with E-state index in [0.717, 1.165) is 23.3 Å². The van der Waals surface area contributed by atoms with Crippen molar-refractivity contribution in [1.82, 2.24) is 30.9 Å². The van der Waals surface area contributed by atoms with Gasteiger partial charge in [-0.15, -0.1) is 0 Å². The van der Waals surface area contributed by atoms with E-state index in [1.165, 1.54) is 16.5 Å². The molecule has 2 aromatic heterocycles. The first-order valence-corrected chi connectivity index (χ1v) is 9.38. The molecule has 2 unspecified atom stereocenters. The lowest BCUT2D eigenvalue weighted by molar-refractivity contribution is -0.122. The largest absolute Gasteiger partial charge is 0.361 e. The minimum absolute atomic E-state index is 0.0315. The molecule has 2 atom stereocenters. The molecule has 3 aromatic rings. The number of nitrogens with zero attached hydrogens (tertiary/aromatic N) is 2. The molecule has 4 rings (SSSR count). The number of aryl methyl sites for hydroxylation is 2. The molecule has 1 fully saturated rings. The van der Waals surface area contributed by atoms with Crippen LogP contribution in [0.25, 0.3) is 10.9 Å². The second kappa shape index (κ2) is 7.17. The van der Waals surface area contributed by atoms with Gasteiger partial charge in [-0.2, -0.15) is 5.10 Å². The zero-order valence-corrected chi connectivity index (χ0v) is 16.0. The quantitative estimate of drug-likeness (QED) is 0.554. The monoisotopic (exact) mass is 366 g/mol. The van der Waals surface area contributed by atoms with Crippen LogP contribution in [-0.4, -0.2) is 33.3 Å². The Morgan fingerprint density at radius 3 is 2.89 bits per heavy atom. The number of rotatable bonds is 5. The van der Waals surface area contributed by atoms with Crippen molar-refractivity contribution in [3.63, 3.8) is 0 Å². The predicted molar refractivity (Wildman–Crippen MR) is 105 cm³/mol. The van der Waals surface area contributed by atoms with Crippen LogP contribution < -0.4 is 16.2 Å². The van der Waals surface area contributed by atoms with Gasteiger partial charge in [0.1, 0.15) is 6.04 Å². The summed E-state index contributed by atoms with van der Waals surface area (Å²) in [6.07, 6.45) is 3.54. The van der Waals surface area contributed by atoms with Crippen molar-refractivity contribution in [1.29, 1.82) is 0 Å². The number of carbonyl (C=O) groups is 1. The summed E-state index contributed by atoms with van der Waals surface area (Å²) in [5, 5.41) is 8.75. The summed E-state index contributed by atoms with van der Waals surface area (Å²) in [6.45, 7) is 4.69. The van der Waals surface area contributed by atoms with E-state index in [0.29, 0.717) is 13.0 Å². The second-order valence-corrected chi connectivity index (χ2v) is 7.24. The first-order valence-electron chi connectivity index (χ1n) is 9.38. The molecule has 0 aliphatic carbocycles. The zero-order valence-electron chi connectivity index (χ0n) is 16.0. The fourth-order valence-corrected chi connectivity index (χ4v) is 3.99. The number of aromatic amines is 1. The van der Waals surface area contributed by atoms with Crippen LogP contribution in [0.15, 0.2) is 30.5 Å². The molecule has 1 aliphatic rings. The highest BCUT2D eigenvalue weighted by atomic mass is 16.2. The van der Waals surface area contributed by atoms with E-state index in [4.69, 9.17) is 0 Å². The number of hydrogen-bond donors (Lipinski definition) is 4. The number of hydrogen-bond acceptors (Lipinski definition) is 4. The lowest BCUT2D eigenvalue weighted by atomic mass is 10.00. The average molecular weight is 366 g/mol. The lowest BCUT2D eigenvalue weighted by Gasteiger charge is -2.11. The summed E-state index contributed by atoms with van der Waals surface area (Å²) < 4.78 is 1.89. The van der Waals surface area contributed by atoms with Crippen LogP contribution in [0.4, 0.5) is 0 Å². The Morgan fingerprint density at radius 2 is 2.11 bits per heavy atom. The molecule has 7 nitrogen and oxygen atoms in total. The molecule has 7 heteroatoms. The van der Waals surface area contributed by atoms with Crippen molar-refractivity contribution in [3.8, 4) is 0 Å². The van der Waals surface area contributed by atoms with E-state index in [1.807, 2.05) is 37.0 Å². The molecule has 0 radical (unpaired) electrons. The van der Waals surface area contributed by atoms with Gasteiger partial charge in [0, 0.05) is 41.9 Å². The topological polar surface area (TPSA) is 86.8 Å². The van der Waals surface area contributed by atoms with Crippen molar-refractivity contribution in [3.05, 3.63) is 53.0 Å². The molecule has 1 amide bonds. The number of fused-ring (bicyclic) bond motifs is 1. The van der Waals surface area contributed by atoms with Gasteiger partial charge in [0.2, 0.25) is 5.91 Å². The molecule has 0 spiro atoms. The standard InChI is InChI=1S/C20H26N6O/c1-12-19(13(2)26(3)25-12)17-10-18(24-23-17)20(27)21-9-8-14-11-22-16-7-5-4-6-15(14)16/h4-7,11,17-18,22-24H,8-10H2,1-3H3,(H,21,27). The minimum Gasteiger partial charge on any atom is -0.361 e. The van der Waals surface area contributed by atoms with Crippen LogP contribution in [0.5, 0.6) is 0 Å². The van der Waals surface area contributed by atoms with Crippen LogP contribution in [-0.2, 0) is 18.3 Å². The number of aromatic nitrogens is 3. The number of amides is 1. The smallest absolute Gasteiger partial charge is 0.238 e. The SMILES string of the molecule is Cc1nn(C)c(C)c1C1CC(C(=O)NCCc2c[nH]c3ccccc23)NN1. The van der Waals surface area contributed by atoms with Crippen LogP contribution in [0.1, 0.15) is 35.0 Å². The Bertz CT molecular complexity index is 972. The predicted octanol–water partition coefficient (Wildman–Crippen LogP) is 1.78. The van der Waals surface area contributed by atoms with E-state index in [1.54, 1.807) is 0 Å². The maximum absolute atomic E-state index is 12.5. The van der Waals surface area contributed by atoms with Crippen molar-refractivity contribution in [2.75, 3.05) is 6.54 Å². The molecule has 3 heterocycles. The Morgan fingerprint density at radius 1 is 1.30 bits per heavy atom. The molecule has 27 heavy (non-hydrogen) atoms. The molecular formula is C20H26N6O. The summed E-state index contributed by atoms with van der Waals surface area (Å²) in [6, 6.07) is 8.09. The number of carbonyl (C=O) groups excluding carboxylic acids is 1. The van der Waals surface area contributed by atoms with E-state index in [-0.39, 0.29) is 18.0 Å². The third-order valence-electron chi connectivity index (χ3n) is 5.50. The van der Waals surface area contributed by atoms with Crippen molar-refractivity contribution in [2.24, 2.45) is 7.05 Å². The van der Waals surface area contributed by atoms with E-state index in [2.05, 4.69) is 45.3 Å². The van der Waals surface area contributed by atoms with Gasteiger partial charge in [-0.05, 0) is 38.3 Å². The average Bonchev–Trinajstić information content (AvgIpc) is 3.34. The highest BCUT2D eigenvalue weighted by molar-refractivity contribution is 5.84. The molecule has 1 aromatic carbocycles. The number of H-pyrrole nitrogens is 1. The summed E-state index contributed by atoms with van der Waals surface area (Å²) in [7, 11) is 1.95. The second-order valence-electron chi connectivity index (χ2n) is 7.24. The normalized spacial score (nSPS) is 19.7. The fourth-order valence-electron chi connectivity index (χ4n) is 3.99. The first kappa shape index (κ1) is 17.8. The van der Waals surface area contributed by atoms with Gasteiger partial charge in [0.25, 0.3) is 0 Å². The molecule has 0 saturated carbocycles. The Balaban J connectivity index is 1.33. The summed E-state index contributed by atoms with van der Waals surface area (Å²) in [5.41, 5.74) is 12.1. The number of nitrogens with one attached hydrogen (secondary N) is 4. The number of hydrazine groups is 1. The van der Waals surface area contributed by atoms with Crippen molar-refractivity contribution >= 4 is 16.8 Å². The van der Waals surface area contributed by atoms with Gasteiger partial charge in [-0.3, -0.25) is 9.48 Å². The molecule has 0 bridgehead atoms. The minimum atomic E-state index is -0.239. The van der Waals surface area contributed by atoms with Gasteiger partial charge in [-0.25, -0.2) is 10.9 Å². The third kappa shape index (κ3) is 3.36. The Labute approximate surface area is 158 Å². The number of benzene rings is 1. The highest BCUT2D eigenvalue weighted by Crippen LogP contribution is 2.27. The van der Waals surface area contributed by atoms with E-state index in [9.17, 15) is 4.79 Å². The van der Waals surface area contributed by atoms with E-state index < -0.39 is 0 Å². The lowest BCUT2D eigenvalue weighted by Crippen LogP contribution is -2.43. The fraction of sp³-hybridized carbons (Fsp3) is 0.400. The van der Waals surface area contributed by atoms with Crippen molar-refractivity contribution < 1.29 is 4.79 Å². The zero-order chi connectivity index (χ0) is 19.0. The van der Waals surface area contributed by atoms with Crippen LogP contribution in [0, 0.1) is 13.8 Å². The van der Waals surface area contributed by atoms with Crippen LogP contribution in [0.2, 0.25) is 0 Å². The van der Waals surface area contributed by atoms with Gasteiger partial charge in [0.05, 0.1) is 11.7 Å². The van der Waals surface area contributed by atoms with Gasteiger partial charge in [0.15, 0.2) is 0 Å². The van der Waals surface area contributed by atoms with Crippen LogP contribution in [0.3, 0.4) is 0 Å². The highest BCUT2D eigenvalue weighted by Gasteiger charge is 2.32. The van der Waals surface area contributed by atoms with E-state index >= 15 is 0 Å². The summed E-state index contributed by atoms with van der Waals surface area (Å²) >= 11 is 0. The third-order valence-corrected chi connectivity index (χ3v) is 5.50. The Hall–Kier alpha value is -2.64. The van der Waals surface area contributed by atoms with Crippen molar-refractivity contribution in [2.45, 2.75) is 38.8 Å². The molecule has 4 N–H and O–H groups in total. The number of para-hydroxylation sites is 1. The summed E-state index contributed by atoms with van der Waals surface area (Å²) in [5.74, 6) is 0.0315. The first-order chi connectivity index (χ1) is 13.0. The molecular weight excluding hydrogens is 340 g/mol. The van der Waals surface area contributed by atoms with Gasteiger partial charge >= 0.3 is 0 Å². The van der Waals surface area contributed by atoms with Gasteiger partial charge < -0.3 is 10.3 Å². The maximum Gasteiger partial charge on any atom is 0.238 e. The molecule has 1 aliphatic heterocycles. The summed E-state index contributed by atoms with van der Waals surface area (Å²) in [4.78, 5) is 15.8. The Kier molecular flexibility index (Phi) is 4.72.